The van der Waals surface area contributed by atoms with Crippen LogP contribution in [0.2, 0.25) is 0 Å². The van der Waals surface area contributed by atoms with Crippen LogP contribution in [-0.2, 0) is 0 Å². The van der Waals surface area contributed by atoms with E-state index in [1.165, 1.54) is 12.8 Å². The fourth-order valence-electron chi connectivity index (χ4n) is 3.23. The summed E-state index contributed by atoms with van der Waals surface area (Å²) in [5, 5.41) is 2.87. The van der Waals surface area contributed by atoms with Gasteiger partial charge in [0.05, 0.1) is 26.1 Å². The van der Waals surface area contributed by atoms with Gasteiger partial charge >= 0.3 is 0 Å². The monoisotopic (exact) mass is 355 g/mol. The Morgan fingerprint density at radius 1 is 1.19 bits per heavy atom. The van der Waals surface area contributed by atoms with E-state index in [1.54, 1.807) is 38.6 Å². The lowest BCUT2D eigenvalue weighted by atomic mass is 10.0. The molecule has 0 bridgehead atoms. The standard InChI is InChI=1S/C20H25N3O3/c1-14-5-4-10-23(13-14)19-9-7-16(12-21-19)22-20(24)15-6-8-17(25-2)18(11-15)26-3/h6-9,11-12,14H,4-5,10,13H2,1-3H3,(H,22,24). The number of amides is 1. The number of piperidine rings is 1. The predicted octanol–water partition coefficient (Wildman–Crippen LogP) is 3.59. The van der Waals surface area contributed by atoms with Gasteiger partial charge in [0.15, 0.2) is 11.5 Å². The molecule has 1 aromatic heterocycles. The average molecular weight is 355 g/mol. The zero-order valence-corrected chi connectivity index (χ0v) is 15.5. The SMILES string of the molecule is COc1ccc(C(=O)Nc2ccc(N3CCCC(C)C3)nc2)cc1OC. The minimum absolute atomic E-state index is 0.216. The Morgan fingerprint density at radius 2 is 2.00 bits per heavy atom. The first-order chi connectivity index (χ1) is 12.6. The molecule has 6 heteroatoms. The summed E-state index contributed by atoms with van der Waals surface area (Å²) in [4.78, 5) is 19.3. The summed E-state index contributed by atoms with van der Waals surface area (Å²) < 4.78 is 10.4. The lowest BCUT2D eigenvalue weighted by Gasteiger charge is -2.31. The van der Waals surface area contributed by atoms with Crippen LogP contribution in [0.15, 0.2) is 36.5 Å². The van der Waals surface area contributed by atoms with E-state index in [0.717, 1.165) is 18.9 Å². The maximum absolute atomic E-state index is 12.5. The second-order valence-electron chi connectivity index (χ2n) is 6.62. The minimum Gasteiger partial charge on any atom is -0.493 e. The lowest BCUT2D eigenvalue weighted by molar-refractivity contribution is 0.102. The van der Waals surface area contributed by atoms with Crippen LogP contribution in [0.1, 0.15) is 30.1 Å². The first-order valence-electron chi connectivity index (χ1n) is 8.85. The first kappa shape index (κ1) is 18.0. The molecule has 1 atom stereocenters. The Labute approximate surface area is 154 Å². The molecule has 1 aromatic carbocycles. The Kier molecular flexibility index (Phi) is 5.61. The third-order valence-electron chi connectivity index (χ3n) is 4.63. The molecule has 1 amide bonds. The van der Waals surface area contributed by atoms with E-state index in [1.807, 2.05) is 12.1 Å². The number of nitrogens with zero attached hydrogens (tertiary/aromatic N) is 2. The molecule has 0 aliphatic carbocycles. The first-order valence-corrected chi connectivity index (χ1v) is 8.85. The van der Waals surface area contributed by atoms with Gasteiger partial charge in [-0.05, 0) is 49.1 Å². The van der Waals surface area contributed by atoms with Gasteiger partial charge in [-0.3, -0.25) is 4.79 Å². The van der Waals surface area contributed by atoms with Crippen molar-refractivity contribution < 1.29 is 14.3 Å². The van der Waals surface area contributed by atoms with E-state index in [0.29, 0.717) is 28.7 Å². The molecule has 1 fully saturated rings. The quantitative estimate of drug-likeness (QED) is 0.888. The fraction of sp³-hybridized carbons (Fsp3) is 0.400. The third-order valence-corrected chi connectivity index (χ3v) is 4.63. The number of carbonyl (C=O) groups excluding carboxylic acids is 1. The van der Waals surface area contributed by atoms with Crippen LogP contribution < -0.4 is 19.7 Å². The van der Waals surface area contributed by atoms with Crippen molar-refractivity contribution in [2.75, 3.05) is 37.5 Å². The van der Waals surface area contributed by atoms with E-state index < -0.39 is 0 Å². The Balaban J connectivity index is 1.68. The van der Waals surface area contributed by atoms with Gasteiger partial charge in [0.2, 0.25) is 0 Å². The average Bonchev–Trinajstić information content (AvgIpc) is 2.68. The van der Waals surface area contributed by atoms with Gasteiger partial charge in [-0.2, -0.15) is 0 Å². The predicted molar refractivity (Wildman–Crippen MR) is 102 cm³/mol. The van der Waals surface area contributed by atoms with Crippen LogP contribution in [0, 0.1) is 5.92 Å². The lowest BCUT2D eigenvalue weighted by Crippen LogP contribution is -2.34. The largest absolute Gasteiger partial charge is 0.493 e. The number of pyridine rings is 1. The number of carbonyl (C=O) groups is 1. The molecule has 1 aliphatic rings. The zero-order valence-electron chi connectivity index (χ0n) is 15.5. The number of hydrogen-bond acceptors (Lipinski definition) is 5. The van der Waals surface area contributed by atoms with Crippen molar-refractivity contribution in [2.45, 2.75) is 19.8 Å². The Bertz CT molecular complexity index is 761. The molecule has 6 nitrogen and oxygen atoms in total. The second kappa shape index (κ2) is 8.08. The van der Waals surface area contributed by atoms with Crippen LogP contribution in [0.4, 0.5) is 11.5 Å². The molecule has 3 rings (SSSR count). The molecule has 26 heavy (non-hydrogen) atoms. The number of ether oxygens (including phenoxy) is 2. The topological polar surface area (TPSA) is 63.7 Å². The molecular formula is C20H25N3O3. The van der Waals surface area contributed by atoms with Gasteiger partial charge in [-0.25, -0.2) is 4.98 Å². The summed E-state index contributed by atoms with van der Waals surface area (Å²) in [7, 11) is 3.11. The van der Waals surface area contributed by atoms with Crippen molar-refractivity contribution in [1.82, 2.24) is 4.98 Å². The van der Waals surface area contributed by atoms with Gasteiger partial charge in [0.1, 0.15) is 5.82 Å². The van der Waals surface area contributed by atoms with Gasteiger partial charge in [0.25, 0.3) is 5.91 Å². The Hall–Kier alpha value is -2.76. The molecule has 0 saturated carbocycles. The normalized spacial score (nSPS) is 16.9. The van der Waals surface area contributed by atoms with Crippen LogP contribution in [-0.4, -0.2) is 38.2 Å². The van der Waals surface area contributed by atoms with E-state index in [9.17, 15) is 4.79 Å². The van der Waals surface area contributed by atoms with Crippen molar-refractivity contribution in [3.8, 4) is 11.5 Å². The van der Waals surface area contributed by atoms with Crippen LogP contribution >= 0.6 is 0 Å². The number of hydrogen-bond donors (Lipinski definition) is 1. The van der Waals surface area contributed by atoms with E-state index in [2.05, 4.69) is 22.1 Å². The van der Waals surface area contributed by atoms with Crippen LogP contribution in [0.3, 0.4) is 0 Å². The van der Waals surface area contributed by atoms with E-state index in [4.69, 9.17) is 9.47 Å². The summed E-state index contributed by atoms with van der Waals surface area (Å²) in [6, 6.07) is 8.92. The highest BCUT2D eigenvalue weighted by Gasteiger charge is 2.17. The summed E-state index contributed by atoms with van der Waals surface area (Å²) in [5.41, 5.74) is 1.16. The molecule has 1 N–H and O–H groups in total. The van der Waals surface area contributed by atoms with E-state index in [-0.39, 0.29) is 5.91 Å². The van der Waals surface area contributed by atoms with Crippen molar-refractivity contribution >= 4 is 17.4 Å². The third kappa shape index (κ3) is 4.07. The molecule has 1 aliphatic heterocycles. The molecule has 1 saturated heterocycles. The number of benzene rings is 1. The number of aromatic nitrogens is 1. The van der Waals surface area contributed by atoms with Gasteiger partial charge in [0, 0.05) is 18.7 Å². The molecule has 0 spiro atoms. The van der Waals surface area contributed by atoms with E-state index >= 15 is 0 Å². The molecule has 2 heterocycles. The molecule has 138 valence electrons. The van der Waals surface area contributed by atoms with Gasteiger partial charge < -0.3 is 19.7 Å². The number of methoxy groups -OCH3 is 2. The Morgan fingerprint density at radius 3 is 2.65 bits per heavy atom. The highest BCUT2D eigenvalue weighted by molar-refractivity contribution is 6.04. The maximum atomic E-state index is 12.5. The molecule has 1 unspecified atom stereocenters. The van der Waals surface area contributed by atoms with Crippen LogP contribution in [0.5, 0.6) is 11.5 Å². The summed E-state index contributed by atoms with van der Waals surface area (Å²) in [6.07, 6.45) is 4.17. The highest BCUT2D eigenvalue weighted by atomic mass is 16.5. The zero-order chi connectivity index (χ0) is 18.5. The number of rotatable bonds is 5. The van der Waals surface area contributed by atoms with Crippen molar-refractivity contribution in [1.29, 1.82) is 0 Å². The minimum atomic E-state index is -0.216. The summed E-state index contributed by atoms with van der Waals surface area (Å²) in [5.74, 6) is 2.54. The summed E-state index contributed by atoms with van der Waals surface area (Å²) >= 11 is 0. The second-order valence-corrected chi connectivity index (χ2v) is 6.62. The molecular weight excluding hydrogens is 330 g/mol. The number of nitrogens with one attached hydrogen (secondary N) is 1. The highest BCUT2D eigenvalue weighted by Crippen LogP contribution is 2.28. The maximum Gasteiger partial charge on any atom is 0.255 e. The fourth-order valence-corrected chi connectivity index (χ4v) is 3.23. The smallest absolute Gasteiger partial charge is 0.255 e. The van der Waals surface area contributed by atoms with Crippen molar-refractivity contribution in [3.63, 3.8) is 0 Å². The van der Waals surface area contributed by atoms with Crippen molar-refractivity contribution in [3.05, 3.63) is 42.1 Å². The van der Waals surface area contributed by atoms with Crippen molar-refractivity contribution in [2.24, 2.45) is 5.92 Å². The molecule has 0 radical (unpaired) electrons. The van der Waals surface area contributed by atoms with Gasteiger partial charge in [-0.15, -0.1) is 0 Å². The summed E-state index contributed by atoms with van der Waals surface area (Å²) in [6.45, 7) is 4.34. The van der Waals surface area contributed by atoms with Gasteiger partial charge in [-0.1, -0.05) is 6.92 Å². The molecule has 2 aromatic rings. The van der Waals surface area contributed by atoms with Crippen LogP contribution in [0.25, 0.3) is 0 Å². The number of anilines is 2.